The smallest absolute Gasteiger partial charge is 0.236 e. The number of amides is 1. The van der Waals surface area contributed by atoms with Gasteiger partial charge >= 0.3 is 0 Å². The van der Waals surface area contributed by atoms with Gasteiger partial charge in [-0.05, 0) is 20.3 Å². The molecule has 0 saturated heterocycles. The molecule has 2 N–H and O–H groups in total. The zero-order valence-corrected chi connectivity index (χ0v) is 12.4. The van der Waals surface area contributed by atoms with E-state index in [1.54, 1.807) is 0 Å². The van der Waals surface area contributed by atoms with Gasteiger partial charge in [-0.2, -0.15) is 0 Å². The molecule has 0 aliphatic carbocycles. The number of hydrogen-bond donors (Lipinski definition) is 2. The van der Waals surface area contributed by atoms with Gasteiger partial charge in [-0.15, -0.1) is 0 Å². The van der Waals surface area contributed by atoms with Crippen LogP contribution in [0.4, 0.5) is 0 Å². The molecule has 6 nitrogen and oxygen atoms in total. The van der Waals surface area contributed by atoms with Crippen LogP contribution in [-0.2, 0) is 19.0 Å². The van der Waals surface area contributed by atoms with E-state index in [4.69, 9.17) is 14.2 Å². The highest BCUT2D eigenvalue weighted by molar-refractivity contribution is 5.75. The summed E-state index contributed by atoms with van der Waals surface area (Å²) in [5.74, 6) is -0.0671. The second-order valence-corrected chi connectivity index (χ2v) is 4.43. The lowest BCUT2D eigenvalue weighted by molar-refractivity contribution is -0.123. The fraction of sp³-hybridized carbons (Fsp3) is 0.923. The molecule has 1 amide bonds. The van der Waals surface area contributed by atoms with E-state index in [9.17, 15) is 4.79 Å². The van der Waals surface area contributed by atoms with Crippen molar-refractivity contribution in [2.75, 3.05) is 39.6 Å². The molecule has 0 aliphatic heterocycles. The van der Waals surface area contributed by atoms with Gasteiger partial charge in [0.2, 0.25) is 5.91 Å². The third-order valence-electron chi connectivity index (χ3n) is 2.07. The van der Waals surface area contributed by atoms with E-state index in [2.05, 4.69) is 17.8 Å². The highest BCUT2D eigenvalue weighted by Crippen LogP contribution is 1.86. The molecule has 114 valence electrons. The first-order valence-electron chi connectivity index (χ1n) is 6.94. The molecule has 0 aliphatic rings. The summed E-state index contributed by atoms with van der Waals surface area (Å²) in [4.78, 5) is 11.3. The fourth-order valence-corrected chi connectivity index (χ4v) is 1.14. The Kier molecular flexibility index (Phi) is 13.2. The molecule has 0 aromatic heterocycles. The van der Waals surface area contributed by atoms with Crippen LogP contribution in [0, 0.1) is 0 Å². The van der Waals surface area contributed by atoms with Gasteiger partial charge in [0, 0.05) is 12.6 Å². The number of carbonyl (C=O) groups is 1. The maximum atomic E-state index is 11.3. The Bertz CT molecular complexity index is 213. The summed E-state index contributed by atoms with van der Waals surface area (Å²) in [7, 11) is 0. The molecule has 0 saturated carbocycles. The molecule has 0 bridgehead atoms. The molecule has 19 heavy (non-hydrogen) atoms. The number of carbonyl (C=O) groups excluding carboxylic acids is 1. The molecule has 0 atom stereocenters. The lowest BCUT2D eigenvalue weighted by Crippen LogP contribution is -2.41. The van der Waals surface area contributed by atoms with Crippen molar-refractivity contribution in [2.24, 2.45) is 0 Å². The fourth-order valence-electron chi connectivity index (χ4n) is 1.14. The minimum Gasteiger partial charge on any atom is -0.379 e. The van der Waals surface area contributed by atoms with Crippen LogP contribution >= 0.6 is 0 Å². The highest BCUT2D eigenvalue weighted by atomic mass is 16.5. The topological polar surface area (TPSA) is 68.8 Å². The molecule has 0 unspecified atom stereocenters. The zero-order chi connectivity index (χ0) is 14.3. The highest BCUT2D eigenvalue weighted by Gasteiger charge is 2.01. The quantitative estimate of drug-likeness (QED) is 0.386. The first-order chi connectivity index (χ1) is 9.16. The third kappa shape index (κ3) is 15.3. The summed E-state index contributed by atoms with van der Waals surface area (Å²) >= 11 is 0. The van der Waals surface area contributed by atoms with E-state index in [1.807, 2.05) is 13.8 Å². The van der Waals surface area contributed by atoms with Crippen molar-refractivity contribution in [1.29, 1.82) is 0 Å². The minimum atomic E-state index is -0.0671. The lowest BCUT2D eigenvalue weighted by atomic mass is 10.4. The number of hydrazine groups is 1. The van der Waals surface area contributed by atoms with Gasteiger partial charge in [0.15, 0.2) is 0 Å². The number of rotatable bonds is 13. The van der Waals surface area contributed by atoms with Crippen LogP contribution in [0.3, 0.4) is 0 Å². The predicted molar refractivity (Wildman–Crippen MR) is 73.8 cm³/mol. The van der Waals surface area contributed by atoms with E-state index in [0.29, 0.717) is 39.5 Å². The van der Waals surface area contributed by atoms with Crippen molar-refractivity contribution in [1.82, 2.24) is 10.9 Å². The van der Waals surface area contributed by atoms with E-state index in [-0.39, 0.29) is 11.9 Å². The largest absolute Gasteiger partial charge is 0.379 e. The molecule has 0 rings (SSSR count). The van der Waals surface area contributed by atoms with Crippen LogP contribution < -0.4 is 10.9 Å². The van der Waals surface area contributed by atoms with E-state index in [0.717, 1.165) is 13.0 Å². The predicted octanol–water partition coefficient (Wildman–Crippen LogP) is 0.866. The Labute approximate surface area is 116 Å². The van der Waals surface area contributed by atoms with Crippen molar-refractivity contribution < 1.29 is 19.0 Å². The summed E-state index contributed by atoms with van der Waals surface area (Å²) < 4.78 is 15.9. The molecule has 0 aromatic rings. The van der Waals surface area contributed by atoms with Gasteiger partial charge in [0.1, 0.15) is 0 Å². The molecule has 0 heterocycles. The summed E-state index contributed by atoms with van der Waals surface area (Å²) in [6.45, 7) is 9.40. The maximum absolute atomic E-state index is 11.3. The van der Waals surface area contributed by atoms with Crippen LogP contribution in [0.1, 0.15) is 33.6 Å². The normalized spacial score (nSPS) is 10.9. The monoisotopic (exact) mass is 276 g/mol. The molecular weight excluding hydrogens is 248 g/mol. The maximum Gasteiger partial charge on any atom is 0.236 e. The average Bonchev–Trinajstić information content (AvgIpc) is 2.38. The zero-order valence-electron chi connectivity index (χ0n) is 12.4. The molecule has 0 spiro atoms. The molecule has 0 aromatic carbocycles. The number of ether oxygens (including phenoxy) is 3. The first kappa shape index (κ1) is 18.3. The van der Waals surface area contributed by atoms with E-state index in [1.165, 1.54) is 0 Å². The Morgan fingerprint density at radius 1 is 0.947 bits per heavy atom. The third-order valence-corrected chi connectivity index (χ3v) is 2.07. The van der Waals surface area contributed by atoms with Gasteiger partial charge < -0.3 is 14.2 Å². The molecule has 6 heteroatoms. The van der Waals surface area contributed by atoms with Crippen LogP contribution in [-0.4, -0.2) is 51.6 Å². The van der Waals surface area contributed by atoms with E-state index < -0.39 is 0 Å². The Balaban J connectivity index is 3.11. The van der Waals surface area contributed by atoms with Crippen LogP contribution in [0.5, 0.6) is 0 Å². The van der Waals surface area contributed by atoms with Crippen LogP contribution in [0.2, 0.25) is 0 Å². The lowest BCUT2D eigenvalue weighted by Gasteiger charge is -2.10. The van der Waals surface area contributed by atoms with Gasteiger partial charge in [0.05, 0.1) is 39.5 Å². The van der Waals surface area contributed by atoms with Crippen molar-refractivity contribution in [3.63, 3.8) is 0 Å². The van der Waals surface area contributed by atoms with Gasteiger partial charge in [-0.3, -0.25) is 10.2 Å². The summed E-state index contributed by atoms with van der Waals surface area (Å²) in [5.41, 5.74) is 5.43. The van der Waals surface area contributed by atoms with Crippen molar-refractivity contribution in [3.05, 3.63) is 0 Å². The van der Waals surface area contributed by atoms with Gasteiger partial charge in [0.25, 0.3) is 0 Å². The standard InChI is InChI=1S/C13H28N2O4/c1-4-6-17-8-10-19-11-9-18-7-5-13(16)15-14-12(2)3/h12,14H,4-11H2,1-3H3,(H,15,16). The summed E-state index contributed by atoms with van der Waals surface area (Å²) in [5, 5.41) is 0. The van der Waals surface area contributed by atoms with Crippen LogP contribution in [0.15, 0.2) is 0 Å². The van der Waals surface area contributed by atoms with Crippen molar-refractivity contribution >= 4 is 5.91 Å². The van der Waals surface area contributed by atoms with Crippen LogP contribution in [0.25, 0.3) is 0 Å². The number of hydrogen-bond acceptors (Lipinski definition) is 5. The Morgan fingerprint density at radius 2 is 1.47 bits per heavy atom. The Hall–Kier alpha value is -0.690. The minimum absolute atomic E-state index is 0.0671. The molecule has 0 radical (unpaired) electrons. The van der Waals surface area contributed by atoms with E-state index >= 15 is 0 Å². The van der Waals surface area contributed by atoms with Crippen molar-refractivity contribution in [2.45, 2.75) is 39.7 Å². The SMILES string of the molecule is CCCOCCOCCOCCC(=O)NNC(C)C. The second kappa shape index (κ2) is 13.7. The second-order valence-electron chi connectivity index (χ2n) is 4.43. The summed E-state index contributed by atoms with van der Waals surface area (Å²) in [6, 6.07) is 0.230. The molecule has 0 fully saturated rings. The van der Waals surface area contributed by atoms with Gasteiger partial charge in [-0.25, -0.2) is 5.43 Å². The average molecular weight is 276 g/mol. The number of nitrogens with one attached hydrogen (secondary N) is 2. The first-order valence-corrected chi connectivity index (χ1v) is 6.94. The van der Waals surface area contributed by atoms with Gasteiger partial charge in [-0.1, -0.05) is 6.92 Å². The molecular formula is C13H28N2O4. The Morgan fingerprint density at radius 3 is 2.00 bits per heavy atom. The summed E-state index contributed by atoms with van der Waals surface area (Å²) in [6.07, 6.45) is 1.37. The van der Waals surface area contributed by atoms with Crippen molar-refractivity contribution in [3.8, 4) is 0 Å².